The summed E-state index contributed by atoms with van der Waals surface area (Å²) >= 11 is 0. The van der Waals surface area contributed by atoms with Crippen molar-refractivity contribution in [3.8, 4) is 5.75 Å². The molecule has 0 heterocycles. The predicted octanol–water partition coefficient (Wildman–Crippen LogP) is 3.09. The second-order valence-electron chi connectivity index (χ2n) is 5.06. The van der Waals surface area contributed by atoms with Gasteiger partial charge < -0.3 is 9.84 Å². The molecule has 1 saturated carbocycles. The Hall–Kier alpha value is -1.02. The van der Waals surface area contributed by atoms with Gasteiger partial charge in [0.2, 0.25) is 0 Å². The molecule has 1 atom stereocenters. The standard InChI is InChI=1S/C14H20O2/c1-4-16-12-8-6-5-7-11(12)14(3,15)13(2)9-10-13/h5-8,15H,4,9-10H2,1-3H3. The van der Waals surface area contributed by atoms with Crippen molar-refractivity contribution in [1.82, 2.24) is 0 Å². The van der Waals surface area contributed by atoms with Gasteiger partial charge in [-0.3, -0.25) is 0 Å². The van der Waals surface area contributed by atoms with E-state index in [1.54, 1.807) is 0 Å². The van der Waals surface area contributed by atoms with Crippen molar-refractivity contribution >= 4 is 0 Å². The van der Waals surface area contributed by atoms with Crippen LogP contribution in [-0.4, -0.2) is 11.7 Å². The summed E-state index contributed by atoms with van der Waals surface area (Å²) in [4.78, 5) is 0. The van der Waals surface area contributed by atoms with Gasteiger partial charge in [0.05, 0.1) is 12.2 Å². The van der Waals surface area contributed by atoms with Gasteiger partial charge in [-0.1, -0.05) is 25.1 Å². The van der Waals surface area contributed by atoms with Gasteiger partial charge >= 0.3 is 0 Å². The molecule has 0 aliphatic heterocycles. The lowest BCUT2D eigenvalue weighted by Crippen LogP contribution is -2.31. The summed E-state index contributed by atoms with van der Waals surface area (Å²) in [5, 5.41) is 10.7. The Kier molecular flexibility index (Phi) is 2.70. The molecule has 1 aromatic rings. The highest BCUT2D eigenvalue weighted by atomic mass is 16.5. The minimum Gasteiger partial charge on any atom is -0.493 e. The molecular formula is C14H20O2. The molecule has 16 heavy (non-hydrogen) atoms. The minimum atomic E-state index is -0.793. The fraction of sp³-hybridized carbons (Fsp3) is 0.571. The van der Waals surface area contributed by atoms with E-state index in [9.17, 15) is 5.11 Å². The van der Waals surface area contributed by atoms with Crippen LogP contribution in [-0.2, 0) is 5.60 Å². The quantitative estimate of drug-likeness (QED) is 0.845. The van der Waals surface area contributed by atoms with Gasteiger partial charge in [-0.15, -0.1) is 0 Å². The molecule has 0 bridgehead atoms. The molecule has 2 nitrogen and oxygen atoms in total. The molecule has 0 radical (unpaired) electrons. The normalized spacial score (nSPS) is 21.2. The SMILES string of the molecule is CCOc1ccccc1C(C)(O)C1(C)CC1. The number of hydrogen-bond donors (Lipinski definition) is 1. The summed E-state index contributed by atoms with van der Waals surface area (Å²) < 4.78 is 5.59. The predicted molar refractivity (Wildman–Crippen MR) is 64.5 cm³/mol. The van der Waals surface area contributed by atoms with Gasteiger partial charge in [-0.05, 0) is 32.8 Å². The van der Waals surface area contributed by atoms with E-state index in [1.165, 1.54) is 0 Å². The van der Waals surface area contributed by atoms with E-state index >= 15 is 0 Å². The monoisotopic (exact) mass is 220 g/mol. The maximum Gasteiger partial charge on any atom is 0.125 e. The number of ether oxygens (including phenoxy) is 1. The Morgan fingerprint density at radius 1 is 1.38 bits per heavy atom. The number of aliphatic hydroxyl groups is 1. The van der Waals surface area contributed by atoms with E-state index < -0.39 is 5.60 Å². The van der Waals surface area contributed by atoms with Crippen LogP contribution in [0.2, 0.25) is 0 Å². The lowest BCUT2D eigenvalue weighted by molar-refractivity contribution is -0.0148. The number of benzene rings is 1. The summed E-state index contributed by atoms with van der Waals surface area (Å²) in [5.74, 6) is 0.808. The Morgan fingerprint density at radius 2 is 2.00 bits per heavy atom. The van der Waals surface area contributed by atoms with E-state index in [2.05, 4.69) is 6.92 Å². The van der Waals surface area contributed by atoms with Crippen molar-refractivity contribution in [1.29, 1.82) is 0 Å². The first kappa shape index (κ1) is 11.5. The maximum atomic E-state index is 10.7. The molecule has 0 aromatic heterocycles. The summed E-state index contributed by atoms with van der Waals surface area (Å²) in [6.07, 6.45) is 2.17. The van der Waals surface area contributed by atoms with Gasteiger partial charge in [0, 0.05) is 11.0 Å². The fourth-order valence-electron chi connectivity index (χ4n) is 2.15. The van der Waals surface area contributed by atoms with Crippen molar-refractivity contribution in [2.75, 3.05) is 6.61 Å². The van der Waals surface area contributed by atoms with Crippen molar-refractivity contribution in [3.05, 3.63) is 29.8 Å². The third-order valence-corrected chi connectivity index (χ3v) is 3.89. The molecule has 0 spiro atoms. The zero-order valence-electron chi connectivity index (χ0n) is 10.3. The minimum absolute atomic E-state index is 0.0141. The summed E-state index contributed by atoms with van der Waals surface area (Å²) in [6, 6.07) is 7.80. The molecule has 1 aliphatic rings. The molecule has 0 saturated heterocycles. The van der Waals surface area contributed by atoms with Gasteiger partial charge in [0.25, 0.3) is 0 Å². The first-order valence-electron chi connectivity index (χ1n) is 5.96. The Labute approximate surface area is 97.3 Å². The Morgan fingerprint density at radius 3 is 2.56 bits per heavy atom. The average molecular weight is 220 g/mol. The smallest absolute Gasteiger partial charge is 0.125 e. The van der Waals surface area contributed by atoms with E-state index in [1.807, 2.05) is 38.1 Å². The van der Waals surface area contributed by atoms with Crippen molar-refractivity contribution < 1.29 is 9.84 Å². The molecule has 1 N–H and O–H groups in total. The van der Waals surface area contributed by atoms with Crippen LogP contribution in [0.5, 0.6) is 5.75 Å². The Bertz CT molecular complexity index is 378. The molecule has 88 valence electrons. The molecule has 1 fully saturated rings. The van der Waals surface area contributed by atoms with E-state index in [0.29, 0.717) is 6.61 Å². The molecule has 1 aromatic carbocycles. The Balaban J connectivity index is 2.39. The molecule has 2 heteroatoms. The highest BCUT2D eigenvalue weighted by Crippen LogP contribution is 2.58. The summed E-state index contributed by atoms with van der Waals surface area (Å²) in [6.45, 7) is 6.63. The second-order valence-corrected chi connectivity index (χ2v) is 5.06. The molecular weight excluding hydrogens is 200 g/mol. The van der Waals surface area contributed by atoms with Gasteiger partial charge in [0.15, 0.2) is 0 Å². The van der Waals surface area contributed by atoms with Crippen LogP contribution in [0, 0.1) is 5.41 Å². The largest absolute Gasteiger partial charge is 0.493 e. The third kappa shape index (κ3) is 1.71. The van der Waals surface area contributed by atoms with Gasteiger partial charge in [-0.25, -0.2) is 0 Å². The highest BCUT2D eigenvalue weighted by molar-refractivity contribution is 5.40. The summed E-state index contributed by atoms with van der Waals surface area (Å²) in [7, 11) is 0. The van der Waals surface area contributed by atoms with Gasteiger partial charge in [-0.2, -0.15) is 0 Å². The van der Waals surface area contributed by atoms with Crippen molar-refractivity contribution in [2.45, 2.75) is 39.2 Å². The van der Waals surface area contributed by atoms with Crippen molar-refractivity contribution in [3.63, 3.8) is 0 Å². The number of rotatable bonds is 4. The topological polar surface area (TPSA) is 29.5 Å². The van der Waals surface area contributed by atoms with E-state index in [4.69, 9.17) is 4.74 Å². The highest BCUT2D eigenvalue weighted by Gasteiger charge is 2.53. The molecule has 0 amide bonds. The van der Waals surface area contributed by atoms with Crippen LogP contribution in [0.3, 0.4) is 0 Å². The first-order valence-corrected chi connectivity index (χ1v) is 5.96. The van der Waals surface area contributed by atoms with Crippen LogP contribution < -0.4 is 4.74 Å². The first-order chi connectivity index (χ1) is 7.51. The lowest BCUT2D eigenvalue weighted by atomic mass is 9.81. The zero-order chi connectivity index (χ0) is 11.8. The number of para-hydroxylation sites is 1. The van der Waals surface area contributed by atoms with Crippen molar-refractivity contribution in [2.24, 2.45) is 5.41 Å². The van der Waals surface area contributed by atoms with Crippen LogP contribution in [0.15, 0.2) is 24.3 Å². The fourth-order valence-corrected chi connectivity index (χ4v) is 2.15. The summed E-state index contributed by atoms with van der Waals surface area (Å²) in [5.41, 5.74) is 0.135. The van der Waals surface area contributed by atoms with Crippen LogP contribution in [0.25, 0.3) is 0 Å². The molecule has 2 rings (SSSR count). The second kappa shape index (κ2) is 3.77. The van der Waals surface area contributed by atoms with Crippen LogP contribution >= 0.6 is 0 Å². The van der Waals surface area contributed by atoms with Crippen LogP contribution in [0.4, 0.5) is 0 Å². The molecule has 1 aliphatic carbocycles. The average Bonchev–Trinajstić information content (AvgIpc) is 2.99. The van der Waals surface area contributed by atoms with E-state index in [0.717, 1.165) is 24.2 Å². The van der Waals surface area contributed by atoms with E-state index in [-0.39, 0.29) is 5.41 Å². The third-order valence-electron chi connectivity index (χ3n) is 3.89. The van der Waals surface area contributed by atoms with Gasteiger partial charge in [0.1, 0.15) is 5.75 Å². The zero-order valence-corrected chi connectivity index (χ0v) is 10.3. The maximum absolute atomic E-state index is 10.7. The lowest BCUT2D eigenvalue weighted by Gasteiger charge is -2.32. The van der Waals surface area contributed by atoms with Crippen LogP contribution in [0.1, 0.15) is 39.2 Å². The molecule has 1 unspecified atom stereocenters. The number of hydrogen-bond acceptors (Lipinski definition) is 2.